The number of aromatic nitrogens is 1. The van der Waals surface area contributed by atoms with E-state index in [1.54, 1.807) is 24.3 Å². The van der Waals surface area contributed by atoms with Crippen LogP contribution in [0.1, 0.15) is 11.1 Å². The van der Waals surface area contributed by atoms with Gasteiger partial charge in [0.1, 0.15) is 0 Å². The molecular weight excluding hydrogens is 250 g/mol. The molecule has 1 atom stereocenters. The SMILES string of the molecule is CN(C(=O)[C@@H]1Cc2ccccc2CN1)c1ccncc1. The lowest BCUT2D eigenvalue weighted by Gasteiger charge is -2.29. The Kier molecular flexibility index (Phi) is 3.48. The van der Waals surface area contributed by atoms with Crippen LogP contribution in [0.25, 0.3) is 0 Å². The molecule has 3 rings (SSSR count). The topological polar surface area (TPSA) is 45.2 Å². The van der Waals surface area contributed by atoms with Gasteiger partial charge in [0.15, 0.2) is 0 Å². The van der Waals surface area contributed by atoms with Gasteiger partial charge in [0.05, 0.1) is 6.04 Å². The van der Waals surface area contributed by atoms with E-state index in [4.69, 9.17) is 0 Å². The Labute approximate surface area is 118 Å². The molecule has 1 N–H and O–H groups in total. The van der Waals surface area contributed by atoms with Crippen LogP contribution in [0.15, 0.2) is 48.8 Å². The summed E-state index contributed by atoms with van der Waals surface area (Å²) in [7, 11) is 1.81. The zero-order valence-electron chi connectivity index (χ0n) is 11.4. The van der Waals surface area contributed by atoms with Crippen molar-refractivity contribution in [3.05, 3.63) is 59.9 Å². The molecule has 0 saturated carbocycles. The molecule has 0 saturated heterocycles. The molecule has 1 aliphatic heterocycles. The number of carbonyl (C=O) groups excluding carboxylic acids is 1. The van der Waals surface area contributed by atoms with E-state index in [0.29, 0.717) is 0 Å². The predicted molar refractivity (Wildman–Crippen MR) is 78.4 cm³/mol. The molecule has 2 heterocycles. The first-order valence-corrected chi connectivity index (χ1v) is 6.73. The first kappa shape index (κ1) is 12.8. The molecule has 1 aromatic carbocycles. The summed E-state index contributed by atoms with van der Waals surface area (Å²) in [5.74, 6) is 0.0886. The van der Waals surface area contributed by atoms with Gasteiger partial charge in [0.25, 0.3) is 0 Å². The van der Waals surface area contributed by atoms with Crippen molar-refractivity contribution in [1.29, 1.82) is 0 Å². The summed E-state index contributed by atoms with van der Waals surface area (Å²) >= 11 is 0. The average molecular weight is 267 g/mol. The third-order valence-electron chi connectivity index (χ3n) is 3.76. The molecule has 1 aliphatic rings. The number of rotatable bonds is 2. The second-order valence-electron chi connectivity index (χ2n) is 5.01. The summed E-state index contributed by atoms with van der Waals surface area (Å²) in [5, 5.41) is 3.32. The van der Waals surface area contributed by atoms with Crippen molar-refractivity contribution in [3.8, 4) is 0 Å². The van der Waals surface area contributed by atoms with Gasteiger partial charge in [0.2, 0.25) is 5.91 Å². The number of carbonyl (C=O) groups is 1. The minimum atomic E-state index is -0.164. The van der Waals surface area contributed by atoms with Crippen LogP contribution in [0.4, 0.5) is 5.69 Å². The Morgan fingerprint density at radius 1 is 1.20 bits per heavy atom. The molecule has 0 unspecified atom stereocenters. The van der Waals surface area contributed by atoms with Gasteiger partial charge in [-0.2, -0.15) is 0 Å². The molecule has 0 spiro atoms. The van der Waals surface area contributed by atoms with Crippen LogP contribution in [0.2, 0.25) is 0 Å². The van der Waals surface area contributed by atoms with E-state index in [2.05, 4.69) is 22.4 Å². The highest BCUT2D eigenvalue weighted by Gasteiger charge is 2.26. The number of hydrogen-bond acceptors (Lipinski definition) is 3. The van der Waals surface area contributed by atoms with Crippen LogP contribution in [-0.4, -0.2) is 24.0 Å². The highest BCUT2D eigenvalue weighted by molar-refractivity contribution is 5.97. The van der Waals surface area contributed by atoms with Crippen LogP contribution in [0.5, 0.6) is 0 Å². The number of anilines is 1. The third-order valence-corrected chi connectivity index (χ3v) is 3.76. The monoisotopic (exact) mass is 267 g/mol. The van der Waals surface area contributed by atoms with Crippen molar-refractivity contribution in [2.45, 2.75) is 19.0 Å². The zero-order chi connectivity index (χ0) is 13.9. The molecule has 4 heteroatoms. The average Bonchev–Trinajstić information content (AvgIpc) is 2.54. The van der Waals surface area contributed by atoms with Gasteiger partial charge >= 0.3 is 0 Å². The molecular formula is C16H17N3O. The van der Waals surface area contributed by atoms with Gasteiger partial charge in [-0.25, -0.2) is 0 Å². The maximum Gasteiger partial charge on any atom is 0.244 e. The minimum Gasteiger partial charge on any atom is -0.314 e. The molecule has 1 amide bonds. The van der Waals surface area contributed by atoms with Gasteiger partial charge in [-0.3, -0.25) is 9.78 Å². The largest absolute Gasteiger partial charge is 0.314 e. The van der Waals surface area contributed by atoms with Crippen LogP contribution >= 0.6 is 0 Å². The normalized spacial score (nSPS) is 17.4. The predicted octanol–water partition coefficient (Wildman–Crippen LogP) is 1.76. The highest BCUT2D eigenvalue weighted by atomic mass is 16.2. The van der Waals surface area contributed by atoms with Crippen molar-refractivity contribution >= 4 is 11.6 Å². The Balaban J connectivity index is 1.76. The number of fused-ring (bicyclic) bond motifs is 1. The molecule has 1 aromatic heterocycles. The van der Waals surface area contributed by atoms with Gasteiger partial charge in [-0.15, -0.1) is 0 Å². The van der Waals surface area contributed by atoms with Crippen molar-refractivity contribution in [2.24, 2.45) is 0 Å². The Bertz CT molecular complexity index is 612. The van der Waals surface area contributed by atoms with Crippen LogP contribution in [-0.2, 0) is 17.8 Å². The Morgan fingerprint density at radius 3 is 2.65 bits per heavy atom. The molecule has 0 aliphatic carbocycles. The van der Waals surface area contributed by atoms with Crippen molar-refractivity contribution in [3.63, 3.8) is 0 Å². The van der Waals surface area contributed by atoms with E-state index >= 15 is 0 Å². The standard InChI is InChI=1S/C16H17N3O/c1-19(14-6-8-17-9-7-14)16(20)15-10-12-4-2-3-5-13(12)11-18-15/h2-9,15,18H,10-11H2,1H3/t15-/m0/s1. The van der Waals surface area contributed by atoms with E-state index in [9.17, 15) is 4.79 Å². The maximum atomic E-state index is 12.6. The summed E-state index contributed by atoms with van der Waals surface area (Å²) in [4.78, 5) is 18.2. The number of nitrogens with zero attached hydrogens (tertiary/aromatic N) is 2. The smallest absolute Gasteiger partial charge is 0.244 e. The third kappa shape index (κ3) is 2.42. The van der Waals surface area contributed by atoms with E-state index in [-0.39, 0.29) is 11.9 Å². The fourth-order valence-electron chi connectivity index (χ4n) is 2.56. The lowest BCUT2D eigenvalue weighted by atomic mass is 9.95. The fraction of sp³-hybridized carbons (Fsp3) is 0.250. The van der Waals surface area contributed by atoms with Gasteiger partial charge in [0, 0.05) is 31.7 Å². The summed E-state index contributed by atoms with van der Waals surface area (Å²) in [6, 6.07) is 11.8. The molecule has 4 nitrogen and oxygen atoms in total. The maximum absolute atomic E-state index is 12.6. The van der Waals surface area contributed by atoms with Gasteiger partial charge in [-0.1, -0.05) is 24.3 Å². The fourth-order valence-corrected chi connectivity index (χ4v) is 2.56. The van der Waals surface area contributed by atoms with E-state index in [1.807, 2.05) is 24.3 Å². The van der Waals surface area contributed by atoms with Crippen LogP contribution in [0, 0.1) is 0 Å². The number of amides is 1. The van der Waals surface area contributed by atoms with Gasteiger partial charge in [-0.05, 0) is 29.7 Å². The first-order chi connectivity index (χ1) is 9.75. The quantitative estimate of drug-likeness (QED) is 0.901. The lowest BCUT2D eigenvalue weighted by molar-refractivity contribution is -0.120. The summed E-state index contributed by atoms with van der Waals surface area (Å²) in [5.41, 5.74) is 3.40. The second-order valence-corrected chi connectivity index (χ2v) is 5.01. The van der Waals surface area contributed by atoms with Crippen LogP contribution in [0.3, 0.4) is 0 Å². The molecule has 2 aromatic rings. The van der Waals surface area contributed by atoms with E-state index in [1.165, 1.54) is 11.1 Å². The molecule has 0 radical (unpaired) electrons. The number of nitrogens with one attached hydrogen (secondary N) is 1. The summed E-state index contributed by atoms with van der Waals surface area (Å²) in [6.45, 7) is 0.747. The summed E-state index contributed by atoms with van der Waals surface area (Å²) < 4.78 is 0. The van der Waals surface area contributed by atoms with Crippen molar-refractivity contribution in [1.82, 2.24) is 10.3 Å². The molecule has 0 fully saturated rings. The number of pyridine rings is 1. The van der Waals surface area contributed by atoms with Crippen molar-refractivity contribution in [2.75, 3.05) is 11.9 Å². The van der Waals surface area contributed by atoms with E-state index in [0.717, 1.165) is 18.7 Å². The minimum absolute atomic E-state index is 0.0886. The Morgan fingerprint density at radius 2 is 1.90 bits per heavy atom. The molecule has 0 bridgehead atoms. The second kappa shape index (κ2) is 5.43. The highest BCUT2D eigenvalue weighted by Crippen LogP contribution is 2.19. The summed E-state index contributed by atoms with van der Waals surface area (Å²) in [6.07, 6.45) is 4.13. The van der Waals surface area contributed by atoms with Gasteiger partial charge < -0.3 is 10.2 Å². The van der Waals surface area contributed by atoms with E-state index < -0.39 is 0 Å². The zero-order valence-corrected chi connectivity index (χ0v) is 11.4. The van der Waals surface area contributed by atoms with Crippen LogP contribution < -0.4 is 10.2 Å². The Hall–Kier alpha value is -2.20. The number of likely N-dealkylation sites (N-methyl/N-ethyl adjacent to an activating group) is 1. The molecule has 20 heavy (non-hydrogen) atoms. The first-order valence-electron chi connectivity index (χ1n) is 6.73. The number of benzene rings is 1. The lowest BCUT2D eigenvalue weighted by Crippen LogP contribution is -2.48. The van der Waals surface area contributed by atoms with Crippen molar-refractivity contribution < 1.29 is 4.79 Å². The molecule has 102 valence electrons. The number of hydrogen-bond donors (Lipinski definition) is 1.